The van der Waals surface area contributed by atoms with Crippen LogP contribution in [-0.2, 0) is 11.2 Å². The van der Waals surface area contributed by atoms with Crippen LogP contribution in [0.25, 0.3) is 0 Å². The molecular formula is C29H34FNO. The number of anilines is 2. The van der Waals surface area contributed by atoms with Crippen molar-refractivity contribution in [2.45, 2.75) is 58.3 Å². The van der Waals surface area contributed by atoms with Gasteiger partial charge in [0.05, 0.1) is 0 Å². The highest BCUT2D eigenvalue weighted by Gasteiger charge is 2.19. The van der Waals surface area contributed by atoms with Crippen molar-refractivity contribution < 1.29 is 9.18 Å². The molecule has 0 saturated heterocycles. The van der Waals surface area contributed by atoms with Crippen molar-refractivity contribution in [3.8, 4) is 0 Å². The molecule has 3 heteroatoms. The van der Waals surface area contributed by atoms with Crippen LogP contribution in [0.1, 0.15) is 57.4 Å². The number of para-hydroxylation sites is 2. The van der Waals surface area contributed by atoms with Gasteiger partial charge in [-0.3, -0.25) is 9.69 Å². The molecule has 168 valence electrons. The van der Waals surface area contributed by atoms with E-state index in [0.29, 0.717) is 12.3 Å². The lowest BCUT2D eigenvalue weighted by atomic mass is 9.90. The first-order valence-electron chi connectivity index (χ1n) is 11.8. The topological polar surface area (TPSA) is 20.3 Å². The smallest absolute Gasteiger partial charge is 0.231 e. The summed E-state index contributed by atoms with van der Waals surface area (Å²) in [6.45, 7) is 2.22. The SMILES string of the molecule is CCCC[C@@H](CCCc1ccc(F)cc1)CCC(=O)N(c1ccccc1)c1ccccc1. The van der Waals surface area contributed by atoms with Crippen LogP contribution in [0.3, 0.4) is 0 Å². The van der Waals surface area contributed by atoms with Crippen molar-refractivity contribution in [3.63, 3.8) is 0 Å². The molecule has 0 aliphatic carbocycles. The van der Waals surface area contributed by atoms with Crippen molar-refractivity contribution in [2.75, 3.05) is 4.90 Å². The van der Waals surface area contributed by atoms with Crippen LogP contribution in [0.4, 0.5) is 15.8 Å². The summed E-state index contributed by atoms with van der Waals surface area (Å²) >= 11 is 0. The lowest BCUT2D eigenvalue weighted by molar-refractivity contribution is -0.118. The second-order valence-electron chi connectivity index (χ2n) is 8.47. The summed E-state index contributed by atoms with van der Waals surface area (Å²) in [5.74, 6) is 0.490. The molecule has 1 amide bonds. The van der Waals surface area contributed by atoms with E-state index in [0.717, 1.165) is 43.5 Å². The minimum Gasteiger partial charge on any atom is -0.281 e. The summed E-state index contributed by atoms with van der Waals surface area (Å²) in [6, 6.07) is 26.6. The summed E-state index contributed by atoms with van der Waals surface area (Å²) in [6.07, 6.45) is 8.07. The summed E-state index contributed by atoms with van der Waals surface area (Å²) in [5, 5.41) is 0. The fourth-order valence-electron chi connectivity index (χ4n) is 4.20. The standard InChI is InChI=1S/C29H34FNO/c1-2-3-11-24(12-10-13-25-18-21-26(30)22-19-25)20-23-29(32)31(27-14-6-4-7-15-27)28-16-8-5-9-17-28/h4-9,14-19,21-22,24H,2-3,10-13,20,23H2,1H3/t24-/m0/s1. The van der Waals surface area contributed by atoms with Crippen LogP contribution in [0.15, 0.2) is 84.9 Å². The molecule has 0 bridgehead atoms. The molecule has 0 aliphatic heterocycles. The number of benzene rings is 3. The molecule has 0 aromatic heterocycles. The Hall–Kier alpha value is -2.94. The number of halogens is 1. The van der Waals surface area contributed by atoms with Crippen LogP contribution < -0.4 is 4.90 Å². The summed E-state index contributed by atoms with van der Waals surface area (Å²) < 4.78 is 13.1. The van der Waals surface area contributed by atoms with Crippen molar-refractivity contribution in [3.05, 3.63) is 96.3 Å². The van der Waals surface area contributed by atoms with E-state index in [9.17, 15) is 9.18 Å². The number of hydrogen-bond donors (Lipinski definition) is 0. The Morgan fingerprint density at radius 2 is 1.34 bits per heavy atom. The molecule has 0 fully saturated rings. The average Bonchev–Trinajstić information content (AvgIpc) is 2.83. The Bertz CT molecular complexity index is 885. The van der Waals surface area contributed by atoms with Gasteiger partial charge in [-0.05, 0) is 67.1 Å². The molecular weight excluding hydrogens is 397 g/mol. The Labute approximate surface area is 192 Å². The summed E-state index contributed by atoms with van der Waals surface area (Å²) in [4.78, 5) is 15.2. The molecule has 0 aliphatic rings. The first-order valence-corrected chi connectivity index (χ1v) is 11.8. The molecule has 0 heterocycles. The zero-order valence-electron chi connectivity index (χ0n) is 19.1. The molecule has 0 unspecified atom stereocenters. The predicted octanol–water partition coefficient (Wildman–Crippen LogP) is 8.10. The molecule has 0 radical (unpaired) electrons. The fourth-order valence-corrected chi connectivity index (χ4v) is 4.20. The lowest BCUT2D eigenvalue weighted by Crippen LogP contribution is -2.26. The van der Waals surface area contributed by atoms with E-state index in [1.54, 1.807) is 0 Å². The zero-order valence-corrected chi connectivity index (χ0v) is 19.1. The zero-order chi connectivity index (χ0) is 22.6. The van der Waals surface area contributed by atoms with Gasteiger partial charge in [0.25, 0.3) is 0 Å². The Morgan fingerprint density at radius 1 is 0.781 bits per heavy atom. The van der Waals surface area contributed by atoms with Gasteiger partial charge >= 0.3 is 0 Å². The van der Waals surface area contributed by atoms with E-state index in [1.165, 1.54) is 30.5 Å². The number of hydrogen-bond acceptors (Lipinski definition) is 1. The van der Waals surface area contributed by atoms with E-state index in [-0.39, 0.29) is 11.7 Å². The number of nitrogens with zero attached hydrogens (tertiary/aromatic N) is 1. The number of rotatable bonds is 12. The third-order valence-electron chi connectivity index (χ3n) is 6.00. The van der Waals surface area contributed by atoms with Gasteiger partial charge in [-0.1, -0.05) is 81.1 Å². The van der Waals surface area contributed by atoms with Gasteiger partial charge < -0.3 is 0 Å². The number of amides is 1. The molecule has 0 N–H and O–H groups in total. The van der Waals surface area contributed by atoms with E-state index in [4.69, 9.17) is 0 Å². The highest BCUT2D eigenvalue weighted by molar-refractivity contribution is 6.00. The van der Waals surface area contributed by atoms with Crippen molar-refractivity contribution in [1.29, 1.82) is 0 Å². The van der Waals surface area contributed by atoms with E-state index in [1.807, 2.05) is 77.7 Å². The maximum atomic E-state index is 13.3. The number of aryl methyl sites for hydroxylation is 1. The van der Waals surface area contributed by atoms with Gasteiger partial charge in [0, 0.05) is 17.8 Å². The molecule has 0 saturated carbocycles. The van der Waals surface area contributed by atoms with Crippen LogP contribution in [0, 0.1) is 11.7 Å². The minimum absolute atomic E-state index is 0.141. The lowest BCUT2D eigenvalue weighted by Gasteiger charge is -2.24. The Morgan fingerprint density at radius 3 is 1.91 bits per heavy atom. The van der Waals surface area contributed by atoms with Crippen molar-refractivity contribution in [1.82, 2.24) is 0 Å². The van der Waals surface area contributed by atoms with Gasteiger partial charge in [-0.15, -0.1) is 0 Å². The van der Waals surface area contributed by atoms with E-state index < -0.39 is 0 Å². The molecule has 3 rings (SSSR count). The third kappa shape index (κ3) is 7.33. The van der Waals surface area contributed by atoms with E-state index in [2.05, 4.69) is 6.92 Å². The Kier molecular flexibility index (Phi) is 9.49. The predicted molar refractivity (Wildman–Crippen MR) is 132 cm³/mol. The van der Waals surface area contributed by atoms with Gasteiger partial charge in [0.15, 0.2) is 0 Å². The monoisotopic (exact) mass is 431 g/mol. The normalized spacial score (nSPS) is 11.8. The van der Waals surface area contributed by atoms with Crippen molar-refractivity contribution >= 4 is 17.3 Å². The highest BCUT2D eigenvalue weighted by atomic mass is 19.1. The first-order chi connectivity index (χ1) is 15.7. The molecule has 0 spiro atoms. The summed E-state index contributed by atoms with van der Waals surface area (Å²) in [7, 11) is 0. The highest BCUT2D eigenvalue weighted by Crippen LogP contribution is 2.28. The second-order valence-corrected chi connectivity index (χ2v) is 8.47. The Balaban J connectivity index is 1.61. The largest absolute Gasteiger partial charge is 0.281 e. The summed E-state index contributed by atoms with van der Waals surface area (Å²) in [5.41, 5.74) is 2.99. The maximum Gasteiger partial charge on any atom is 0.231 e. The first kappa shape index (κ1) is 23.7. The molecule has 1 atom stereocenters. The number of carbonyl (C=O) groups excluding carboxylic acids is 1. The van der Waals surface area contributed by atoms with Crippen LogP contribution >= 0.6 is 0 Å². The van der Waals surface area contributed by atoms with Gasteiger partial charge in [0.1, 0.15) is 5.82 Å². The van der Waals surface area contributed by atoms with Gasteiger partial charge in [-0.25, -0.2) is 4.39 Å². The van der Waals surface area contributed by atoms with Crippen LogP contribution in [0.5, 0.6) is 0 Å². The van der Waals surface area contributed by atoms with Crippen LogP contribution in [0.2, 0.25) is 0 Å². The minimum atomic E-state index is -0.186. The van der Waals surface area contributed by atoms with Crippen LogP contribution in [-0.4, -0.2) is 5.91 Å². The molecule has 32 heavy (non-hydrogen) atoms. The maximum absolute atomic E-state index is 13.3. The second kappa shape index (κ2) is 12.8. The number of carbonyl (C=O) groups is 1. The molecule has 3 aromatic rings. The third-order valence-corrected chi connectivity index (χ3v) is 6.00. The fraction of sp³-hybridized carbons (Fsp3) is 0.345. The quantitative estimate of drug-likeness (QED) is 0.284. The van der Waals surface area contributed by atoms with Gasteiger partial charge in [-0.2, -0.15) is 0 Å². The van der Waals surface area contributed by atoms with E-state index >= 15 is 0 Å². The van der Waals surface area contributed by atoms with Gasteiger partial charge in [0.2, 0.25) is 5.91 Å². The molecule has 2 nitrogen and oxygen atoms in total. The average molecular weight is 432 g/mol. The van der Waals surface area contributed by atoms with Crippen molar-refractivity contribution in [2.24, 2.45) is 5.92 Å². The molecule has 3 aromatic carbocycles. The number of unbranched alkanes of at least 4 members (excludes halogenated alkanes) is 1.